The third kappa shape index (κ3) is 16.4. The zero-order chi connectivity index (χ0) is 51.5. The van der Waals surface area contributed by atoms with Crippen molar-refractivity contribution >= 4 is 64.1 Å². The Morgan fingerprint density at radius 2 is 1.35 bits per heavy atom. The van der Waals surface area contributed by atoms with Crippen LogP contribution in [0, 0.1) is 0 Å². The number of benzene rings is 3. The van der Waals surface area contributed by atoms with Crippen LogP contribution in [0.4, 0.5) is 18.9 Å². The van der Waals surface area contributed by atoms with E-state index in [4.69, 9.17) is 52.0 Å². The maximum absolute atomic E-state index is 15.3. The number of carbonyl (C=O) groups is 5. The van der Waals surface area contributed by atoms with E-state index in [0.717, 1.165) is 27.8 Å². The number of aliphatic imine (C=N–C) groups is 1. The van der Waals surface area contributed by atoms with Crippen LogP contribution < -0.4 is 0 Å². The number of azide groups is 1. The van der Waals surface area contributed by atoms with Crippen LogP contribution in [0.25, 0.3) is 10.4 Å². The van der Waals surface area contributed by atoms with Crippen LogP contribution in [0.5, 0.6) is 0 Å². The molecule has 6 unspecified atom stereocenters. The second-order valence-electron chi connectivity index (χ2n) is 15.5. The van der Waals surface area contributed by atoms with E-state index in [1.54, 1.807) is 30.3 Å². The van der Waals surface area contributed by atoms with Crippen LogP contribution in [0.2, 0.25) is 0 Å². The predicted molar refractivity (Wildman–Crippen MR) is 247 cm³/mol. The number of para-hydroxylation sites is 1. The Balaban J connectivity index is 1.75. The van der Waals surface area contributed by atoms with Crippen LogP contribution in [-0.4, -0.2) is 143 Å². The summed E-state index contributed by atoms with van der Waals surface area (Å²) in [5, 5.41) is 3.73. The summed E-state index contributed by atoms with van der Waals surface area (Å²) in [6.07, 6.45) is -22.8. The van der Waals surface area contributed by atoms with Gasteiger partial charge in [0, 0.05) is 0 Å². The number of halogens is 3. The Hall–Kier alpha value is -6.22. The van der Waals surface area contributed by atoms with Crippen molar-refractivity contribution in [2.45, 2.75) is 114 Å². The number of alkyl halides is 3. The van der Waals surface area contributed by atoms with Crippen molar-refractivity contribution in [3.05, 3.63) is 113 Å². The summed E-state index contributed by atoms with van der Waals surface area (Å²) in [6.45, 7) is 4.91. The number of carbonyl (C=O) groups excluding carboxylic acids is 5. The van der Waals surface area contributed by atoms with Gasteiger partial charge in [-0.1, -0.05) is 0 Å². The number of unbranched alkanes of at least 4 members (excludes halogenated alkanes) is 1. The fourth-order valence-electron chi connectivity index (χ4n) is 7.22. The zero-order valence-corrected chi connectivity index (χ0v) is 39.9. The van der Waals surface area contributed by atoms with Crippen molar-refractivity contribution in [2.75, 3.05) is 19.8 Å². The van der Waals surface area contributed by atoms with Crippen molar-refractivity contribution < 1.29 is 89.2 Å². The SMILES string of the molecule is CCCCO[C@@H](COC(=O)c1ccccc1)C1O[C@@H](O/C(=N/c2ccccc2)C(F)(F)F)[C@H](O[C@H]2OC(COC(C)=O)[C@@H](OC(C)=O)C(OC(C)=O)C2N=[N+]=[N-])C(OC(=O)c2ccccc2)[C@@H]1OB=BP. The summed E-state index contributed by atoms with van der Waals surface area (Å²) in [7, 11) is 3.39. The number of rotatable bonds is 21. The van der Waals surface area contributed by atoms with E-state index in [1.165, 1.54) is 67.2 Å². The minimum atomic E-state index is -5.37. The summed E-state index contributed by atoms with van der Waals surface area (Å²) in [5.74, 6) is -6.55. The first-order valence-electron chi connectivity index (χ1n) is 22.0. The third-order valence-electron chi connectivity index (χ3n) is 10.3. The van der Waals surface area contributed by atoms with Gasteiger partial charge in [0.15, 0.2) is 0 Å². The molecule has 12 atom stereocenters. The Labute approximate surface area is 409 Å². The third-order valence-corrected chi connectivity index (χ3v) is 10.4. The molecule has 2 heterocycles. The van der Waals surface area contributed by atoms with Gasteiger partial charge in [-0.2, -0.15) is 0 Å². The van der Waals surface area contributed by atoms with E-state index in [9.17, 15) is 29.5 Å². The normalized spacial score (nSPS) is 24.6. The van der Waals surface area contributed by atoms with E-state index >= 15 is 13.2 Å². The molecule has 2 aliphatic rings. The molecule has 71 heavy (non-hydrogen) atoms. The number of nitrogens with zero attached hydrogens (tertiary/aromatic N) is 4. The zero-order valence-electron chi connectivity index (χ0n) is 38.7. The number of ether oxygens (including phenoxy) is 10. The molecule has 2 aliphatic heterocycles. The van der Waals surface area contributed by atoms with Gasteiger partial charge < -0.3 is 0 Å². The maximum atomic E-state index is 15.3. The van der Waals surface area contributed by atoms with E-state index < -0.39 is 123 Å². The Morgan fingerprint density at radius 3 is 1.92 bits per heavy atom. The molecule has 3 aromatic carbocycles. The van der Waals surface area contributed by atoms with Crippen molar-refractivity contribution in [2.24, 2.45) is 10.1 Å². The fraction of sp³-hybridized carbons (Fsp3) is 0.467. The molecule has 0 aliphatic carbocycles. The van der Waals surface area contributed by atoms with Crippen LogP contribution in [0.1, 0.15) is 61.3 Å². The average molecular weight is 1010 g/mol. The molecule has 2 fully saturated rings. The van der Waals surface area contributed by atoms with Crippen molar-refractivity contribution in [1.82, 2.24) is 0 Å². The first kappa shape index (κ1) is 55.7. The van der Waals surface area contributed by atoms with E-state index in [1.807, 2.05) is 6.92 Å². The van der Waals surface area contributed by atoms with Crippen molar-refractivity contribution in [1.29, 1.82) is 0 Å². The summed E-state index contributed by atoms with van der Waals surface area (Å²) in [4.78, 5) is 71.4. The number of hydrogen-bond donors (Lipinski definition) is 0. The van der Waals surface area contributed by atoms with Crippen molar-refractivity contribution in [3.63, 3.8) is 0 Å². The molecule has 0 spiro atoms. The van der Waals surface area contributed by atoms with Gasteiger partial charge in [-0.15, -0.1) is 0 Å². The van der Waals surface area contributed by atoms with Crippen LogP contribution >= 0.6 is 9.12 Å². The minimum absolute atomic E-state index is 0.00614. The number of hydrogen-bond acceptors (Lipinski definition) is 18. The molecule has 3 aromatic rings. The summed E-state index contributed by atoms with van der Waals surface area (Å²) < 4.78 is 111. The molecule has 0 aromatic heterocycles. The molecule has 5 rings (SSSR count). The van der Waals surface area contributed by atoms with Crippen LogP contribution in [0.15, 0.2) is 101 Å². The van der Waals surface area contributed by atoms with E-state index in [-0.39, 0.29) is 23.4 Å². The van der Waals surface area contributed by atoms with E-state index in [2.05, 4.69) is 24.1 Å². The molecule has 0 bridgehead atoms. The van der Waals surface area contributed by atoms with Gasteiger partial charge in [-0.3, -0.25) is 0 Å². The molecule has 26 heteroatoms. The molecule has 0 N–H and O–H groups in total. The molecule has 0 radical (unpaired) electrons. The second kappa shape index (κ2) is 27.4. The van der Waals surface area contributed by atoms with Gasteiger partial charge in [-0.25, -0.2) is 0 Å². The van der Waals surface area contributed by atoms with Crippen molar-refractivity contribution in [3.8, 4) is 0 Å². The average Bonchev–Trinajstić information content (AvgIpc) is 3.34. The van der Waals surface area contributed by atoms with Gasteiger partial charge in [0.2, 0.25) is 0 Å². The molecule has 20 nitrogen and oxygen atoms in total. The van der Waals surface area contributed by atoms with E-state index in [0.29, 0.717) is 12.8 Å². The Bertz CT molecular complexity index is 2360. The first-order chi connectivity index (χ1) is 34.0. The Kier molecular flexibility index (Phi) is 21.5. The molecule has 378 valence electrons. The molecular weight excluding hydrogens is 962 g/mol. The standard InChI is InChI=1S/C45H50B2F3N4O16P/c1-5-6-22-60-31(23-62-40(58)28-16-10-7-11-17-28)34-38(70-46-47-71)37(66-41(59)29-18-12-8-13-19-29)39(43(67-34)69-44(45(48,49)50)52-30-20-14-9-15-21-30)68-42-33(53-54-51)36(64-27(4)57)35(63-26(3)56)32(65-42)24-61-25(2)55/h7-21,31-39,42-43H,5-6,22-24,71H2,1-4H3/b52-44+/t31-,32?,33?,34?,35+,36?,37?,38+,39+,42+,43-/m0/s1. The first-order valence-corrected chi connectivity index (χ1v) is 22.7. The number of esters is 5. The molecule has 2 saturated heterocycles. The van der Waals surface area contributed by atoms with Crippen LogP contribution in [-0.2, 0) is 66.4 Å². The fourth-order valence-corrected chi connectivity index (χ4v) is 7.31. The predicted octanol–water partition coefficient (Wildman–Crippen LogP) is 5.92. The van der Waals surface area contributed by atoms with Gasteiger partial charge >= 0.3 is 410 Å². The van der Waals surface area contributed by atoms with Gasteiger partial charge in [0.1, 0.15) is 0 Å². The molecular formula is C45H50B2F3N4O16P. The molecule has 0 saturated carbocycles. The van der Waals surface area contributed by atoms with Gasteiger partial charge in [-0.05, 0) is 0 Å². The summed E-state index contributed by atoms with van der Waals surface area (Å²) in [5.41, 5.74) is 9.76. The summed E-state index contributed by atoms with van der Waals surface area (Å²) >= 11 is 0. The Morgan fingerprint density at radius 1 is 0.746 bits per heavy atom. The van der Waals surface area contributed by atoms with Gasteiger partial charge in [0.05, 0.1) is 0 Å². The quantitative estimate of drug-likeness (QED) is 0.0115. The summed E-state index contributed by atoms with van der Waals surface area (Å²) in [6, 6.07) is 20.3. The topological polar surface area (TPSA) is 248 Å². The molecule has 0 amide bonds. The van der Waals surface area contributed by atoms with Gasteiger partial charge in [0.25, 0.3) is 0 Å². The monoisotopic (exact) mass is 1010 g/mol. The second-order valence-corrected chi connectivity index (χ2v) is 15.9. The van der Waals surface area contributed by atoms with Crippen LogP contribution in [0.3, 0.4) is 0 Å².